The lowest BCUT2D eigenvalue weighted by atomic mass is 10.1. The maximum atomic E-state index is 12.8. The van der Waals surface area contributed by atoms with Gasteiger partial charge in [-0.25, -0.2) is 0 Å². The Balaban J connectivity index is 4.45. The Kier molecular flexibility index (Phi) is 53.6. The van der Waals surface area contributed by atoms with Crippen molar-refractivity contribution < 1.29 is 23.8 Å². The van der Waals surface area contributed by atoms with Crippen LogP contribution in [0.3, 0.4) is 0 Å². The molecule has 0 heterocycles. The van der Waals surface area contributed by atoms with Crippen molar-refractivity contribution in [1.82, 2.24) is 0 Å². The van der Waals surface area contributed by atoms with Gasteiger partial charge in [0, 0.05) is 19.4 Å². The molecule has 0 aromatic carbocycles. The van der Waals surface area contributed by atoms with E-state index in [1.807, 2.05) is 6.08 Å². The summed E-state index contributed by atoms with van der Waals surface area (Å²) in [5, 5.41) is 0. The van der Waals surface area contributed by atoms with Crippen molar-refractivity contribution in [2.24, 2.45) is 0 Å². The third-order valence-corrected chi connectivity index (χ3v) is 10.9. The minimum Gasteiger partial charge on any atom is -0.462 e. The van der Waals surface area contributed by atoms with Crippen molar-refractivity contribution in [3.8, 4) is 0 Å². The lowest BCUT2D eigenvalue weighted by Gasteiger charge is -2.18. The zero-order chi connectivity index (χ0) is 49.2. The number of esters is 2. The van der Waals surface area contributed by atoms with Gasteiger partial charge in [-0.2, -0.15) is 0 Å². The fourth-order valence-electron chi connectivity index (χ4n) is 6.85. The van der Waals surface area contributed by atoms with E-state index in [0.29, 0.717) is 19.4 Å². The highest BCUT2D eigenvalue weighted by molar-refractivity contribution is 5.70. The molecular weight excluding hydrogens is 837 g/mol. The van der Waals surface area contributed by atoms with Crippen molar-refractivity contribution in [3.05, 3.63) is 146 Å². The number of rotatable bonds is 48. The predicted molar refractivity (Wildman–Crippen MR) is 297 cm³/mol. The summed E-state index contributed by atoms with van der Waals surface area (Å²) in [6.45, 7) is 7.42. The average Bonchev–Trinajstić information content (AvgIpc) is 3.34. The molecule has 0 saturated heterocycles. The number of carbonyl (C=O) groups excluding carboxylic acids is 2. The Morgan fingerprint density at radius 3 is 1.12 bits per heavy atom. The molecule has 68 heavy (non-hydrogen) atoms. The summed E-state index contributed by atoms with van der Waals surface area (Å²) in [6, 6.07) is 0. The van der Waals surface area contributed by atoms with Gasteiger partial charge in [0.15, 0.2) is 6.10 Å². The summed E-state index contributed by atoms with van der Waals surface area (Å²) >= 11 is 0. The second-order valence-corrected chi connectivity index (χ2v) is 17.4. The van der Waals surface area contributed by atoms with Gasteiger partial charge >= 0.3 is 11.9 Å². The zero-order valence-corrected chi connectivity index (χ0v) is 43.8. The zero-order valence-electron chi connectivity index (χ0n) is 43.8. The number of hydrogen-bond donors (Lipinski definition) is 0. The van der Waals surface area contributed by atoms with Crippen LogP contribution in [0.5, 0.6) is 0 Å². The highest BCUT2D eigenvalue weighted by Gasteiger charge is 2.17. The third kappa shape index (κ3) is 54.4. The number of allylic oxidation sites excluding steroid dienone is 24. The Morgan fingerprint density at radius 1 is 0.338 bits per heavy atom. The molecule has 0 fully saturated rings. The highest BCUT2D eigenvalue weighted by atomic mass is 16.6. The predicted octanol–water partition coefficient (Wildman–Crippen LogP) is 18.9. The molecule has 0 rings (SSSR count). The molecule has 0 bridgehead atoms. The molecule has 0 aliphatic heterocycles. The third-order valence-electron chi connectivity index (χ3n) is 10.9. The number of hydrogen-bond acceptors (Lipinski definition) is 5. The van der Waals surface area contributed by atoms with Gasteiger partial charge in [-0.05, 0) is 128 Å². The minimum absolute atomic E-state index is 0.0190. The van der Waals surface area contributed by atoms with Crippen LogP contribution in [0.4, 0.5) is 0 Å². The molecule has 0 aromatic heterocycles. The van der Waals surface area contributed by atoms with E-state index in [1.54, 1.807) is 0 Å². The van der Waals surface area contributed by atoms with Crippen LogP contribution in [0.2, 0.25) is 0 Å². The van der Waals surface area contributed by atoms with Crippen molar-refractivity contribution >= 4 is 11.9 Å². The van der Waals surface area contributed by atoms with Crippen LogP contribution in [0.25, 0.3) is 0 Å². The molecule has 1 atom stereocenters. The fraction of sp³-hybridized carbons (Fsp3) is 0.587. The van der Waals surface area contributed by atoms with Crippen LogP contribution in [-0.4, -0.2) is 37.9 Å². The Bertz CT molecular complexity index is 1480. The first-order valence-corrected chi connectivity index (χ1v) is 27.4. The molecule has 5 nitrogen and oxygen atoms in total. The van der Waals surface area contributed by atoms with Gasteiger partial charge < -0.3 is 14.2 Å². The molecule has 0 amide bonds. The molecule has 0 spiro atoms. The van der Waals surface area contributed by atoms with Crippen LogP contribution >= 0.6 is 0 Å². The van der Waals surface area contributed by atoms with E-state index in [2.05, 4.69) is 161 Å². The highest BCUT2D eigenvalue weighted by Crippen LogP contribution is 2.11. The monoisotopic (exact) mass is 937 g/mol. The van der Waals surface area contributed by atoms with Gasteiger partial charge in [-0.15, -0.1) is 0 Å². The molecule has 0 aliphatic rings. The van der Waals surface area contributed by atoms with Crippen LogP contribution in [0.1, 0.15) is 213 Å². The summed E-state index contributed by atoms with van der Waals surface area (Å²) in [5.74, 6) is -0.545. The van der Waals surface area contributed by atoms with E-state index in [1.165, 1.54) is 57.8 Å². The van der Waals surface area contributed by atoms with E-state index >= 15 is 0 Å². The van der Waals surface area contributed by atoms with E-state index in [0.717, 1.165) is 116 Å². The van der Waals surface area contributed by atoms with Crippen molar-refractivity contribution in [2.75, 3.05) is 19.8 Å². The first kappa shape index (κ1) is 63.8. The molecule has 1 unspecified atom stereocenters. The summed E-state index contributed by atoms with van der Waals surface area (Å²) in [7, 11) is 0. The Morgan fingerprint density at radius 2 is 0.691 bits per heavy atom. The van der Waals surface area contributed by atoms with Crippen LogP contribution in [0.15, 0.2) is 146 Å². The van der Waals surface area contributed by atoms with Gasteiger partial charge in [-0.3, -0.25) is 9.59 Å². The number of ether oxygens (including phenoxy) is 3. The molecule has 0 saturated carbocycles. The van der Waals surface area contributed by atoms with Gasteiger partial charge in [0.1, 0.15) is 6.61 Å². The molecule has 0 aromatic rings. The van der Waals surface area contributed by atoms with Crippen LogP contribution < -0.4 is 0 Å². The quantitative estimate of drug-likeness (QED) is 0.0346. The van der Waals surface area contributed by atoms with E-state index in [4.69, 9.17) is 14.2 Å². The van der Waals surface area contributed by atoms with E-state index in [9.17, 15) is 9.59 Å². The van der Waals surface area contributed by atoms with Crippen LogP contribution in [-0.2, 0) is 23.8 Å². The smallest absolute Gasteiger partial charge is 0.306 e. The first-order chi connectivity index (χ1) is 33.6. The lowest BCUT2D eigenvalue weighted by molar-refractivity contribution is -0.162. The normalized spacial score (nSPS) is 13.4. The molecular formula is C63H100O5. The van der Waals surface area contributed by atoms with Gasteiger partial charge in [-0.1, -0.05) is 218 Å². The molecule has 0 aliphatic carbocycles. The van der Waals surface area contributed by atoms with Gasteiger partial charge in [0.2, 0.25) is 0 Å². The second kappa shape index (κ2) is 57.1. The van der Waals surface area contributed by atoms with Crippen molar-refractivity contribution in [2.45, 2.75) is 219 Å². The SMILES string of the molecule is CC/C=C\C/C=C\C/C=C\C/C=C\C/C=C\C/C=C\CCC(=O)OCC(COCCCCCCCCC/C=C\C/C=C\C/C=C\CCCCC)OC(=O)CCCCC/C=C\C/C=C\C/C=C\CC. The summed E-state index contributed by atoms with van der Waals surface area (Å²) < 4.78 is 17.3. The van der Waals surface area contributed by atoms with Gasteiger partial charge in [0.05, 0.1) is 6.61 Å². The van der Waals surface area contributed by atoms with Crippen molar-refractivity contribution in [3.63, 3.8) is 0 Å². The topological polar surface area (TPSA) is 61.8 Å². The fourth-order valence-corrected chi connectivity index (χ4v) is 6.85. The Hall–Kier alpha value is -4.22. The van der Waals surface area contributed by atoms with Crippen molar-refractivity contribution in [1.29, 1.82) is 0 Å². The van der Waals surface area contributed by atoms with E-state index < -0.39 is 6.10 Å². The van der Waals surface area contributed by atoms with Gasteiger partial charge in [0.25, 0.3) is 0 Å². The minimum atomic E-state index is -0.599. The summed E-state index contributed by atoms with van der Waals surface area (Å²) in [5.41, 5.74) is 0. The maximum absolute atomic E-state index is 12.8. The lowest BCUT2D eigenvalue weighted by Crippen LogP contribution is -2.30. The molecule has 382 valence electrons. The second-order valence-electron chi connectivity index (χ2n) is 17.4. The largest absolute Gasteiger partial charge is 0.462 e. The first-order valence-electron chi connectivity index (χ1n) is 27.4. The standard InChI is InChI=1S/C63H100O5/c1-4-7-10-13-16-19-22-25-27-29-31-33-35-37-40-43-46-49-52-55-58-66-59-61(68-63(65)57-54-51-48-45-42-38-24-21-18-15-12-9-6-3)60-67-62(64)56-53-50-47-44-41-39-36-34-32-30-28-26-23-20-17-14-11-8-5-2/h8-9,11-12,16-21,25-28,31-34,38-39,41-42,47,50,61H,4-7,10,13-15,22-24,29-30,35-37,40,43-46,48-49,51-60H2,1-3H3/b11-8-,12-9-,19-16-,20-17-,21-18-,27-25-,28-26-,33-31-,34-32-,41-39-,42-38-,50-47-. The van der Waals surface area contributed by atoms with E-state index in [-0.39, 0.29) is 31.6 Å². The molecule has 0 radical (unpaired) electrons. The summed E-state index contributed by atoms with van der Waals surface area (Å²) in [4.78, 5) is 25.4. The molecule has 5 heteroatoms. The number of unbranched alkanes of at least 4 members (excludes halogenated alkanes) is 13. The Labute approximate surface area is 419 Å². The molecule has 0 N–H and O–H groups in total. The average molecular weight is 937 g/mol. The summed E-state index contributed by atoms with van der Waals surface area (Å²) in [6.07, 6.45) is 83.1. The number of carbonyl (C=O) groups is 2. The van der Waals surface area contributed by atoms with Crippen LogP contribution in [0, 0.1) is 0 Å². The maximum Gasteiger partial charge on any atom is 0.306 e.